The summed E-state index contributed by atoms with van der Waals surface area (Å²) in [4.78, 5) is 14.6. The number of nitrogens with one attached hydrogen (secondary N) is 1. The third-order valence-electron chi connectivity index (χ3n) is 3.93. The van der Waals surface area contributed by atoms with Crippen LogP contribution in [0.1, 0.15) is 22.2 Å². The Hall–Kier alpha value is -1.53. The summed E-state index contributed by atoms with van der Waals surface area (Å²) in [6.07, 6.45) is 1.65. The smallest absolute Gasteiger partial charge is 0.252 e. The monoisotopic (exact) mass is 370 g/mol. The number of amides is 1. The number of morpholine rings is 1. The van der Waals surface area contributed by atoms with Gasteiger partial charge in [0.2, 0.25) is 0 Å². The Bertz CT molecular complexity index is 643. The lowest BCUT2D eigenvalue weighted by atomic mass is 10.1. The van der Waals surface area contributed by atoms with E-state index in [2.05, 4.69) is 10.2 Å². The first-order chi connectivity index (χ1) is 11.3. The number of hydrogen-bond donors (Lipinski definition) is 1. The third kappa shape index (κ3) is 4.51. The number of carbonyl (C=O) groups is 1. The van der Waals surface area contributed by atoms with Crippen molar-refractivity contribution in [3.63, 3.8) is 0 Å². The summed E-state index contributed by atoms with van der Waals surface area (Å²) in [6.45, 7) is 3.46. The van der Waals surface area contributed by atoms with E-state index in [-0.39, 0.29) is 24.4 Å². The Kier molecular flexibility index (Phi) is 7.12. The second kappa shape index (κ2) is 9.08. The van der Waals surface area contributed by atoms with Crippen molar-refractivity contribution >= 4 is 29.9 Å². The maximum atomic E-state index is 12.4. The highest BCUT2D eigenvalue weighted by Crippen LogP contribution is 2.22. The zero-order valence-corrected chi connectivity index (χ0v) is 14.7. The molecule has 1 atom stereocenters. The van der Waals surface area contributed by atoms with Gasteiger partial charge < -0.3 is 14.5 Å². The van der Waals surface area contributed by atoms with E-state index in [9.17, 15) is 4.79 Å². The fourth-order valence-electron chi connectivity index (χ4n) is 2.71. The molecule has 1 saturated heterocycles. The molecule has 1 aliphatic heterocycles. The normalized spacial score (nSPS) is 16.2. The first-order valence-corrected chi connectivity index (χ1v) is 8.01. The number of hydrogen-bond acceptors (Lipinski definition) is 4. The van der Waals surface area contributed by atoms with Crippen LogP contribution in [0.4, 0.5) is 0 Å². The molecule has 2 heterocycles. The summed E-state index contributed by atoms with van der Waals surface area (Å²) >= 11 is 6.08. The summed E-state index contributed by atoms with van der Waals surface area (Å²) < 4.78 is 11.0. The molecule has 0 spiro atoms. The molecule has 1 unspecified atom stereocenters. The molecule has 0 saturated carbocycles. The predicted molar refractivity (Wildman–Crippen MR) is 94.9 cm³/mol. The van der Waals surface area contributed by atoms with E-state index in [1.807, 2.05) is 12.1 Å². The summed E-state index contributed by atoms with van der Waals surface area (Å²) in [7, 11) is 0. The minimum Gasteiger partial charge on any atom is -0.468 e. The van der Waals surface area contributed by atoms with E-state index in [1.165, 1.54) is 0 Å². The minimum absolute atomic E-state index is 0. The van der Waals surface area contributed by atoms with Crippen molar-refractivity contribution in [1.29, 1.82) is 0 Å². The number of furan rings is 1. The average molecular weight is 371 g/mol. The highest BCUT2D eigenvalue weighted by atomic mass is 35.5. The second-order valence-corrected chi connectivity index (χ2v) is 5.78. The summed E-state index contributed by atoms with van der Waals surface area (Å²) in [5, 5.41) is 3.41. The van der Waals surface area contributed by atoms with Crippen LogP contribution in [0.25, 0.3) is 0 Å². The van der Waals surface area contributed by atoms with Crippen molar-refractivity contribution in [2.24, 2.45) is 0 Å². The molecule has 5 nitrogen and oxygen atoms in total. The molecule has 1 amide bonds. The largest absolute Gasteiger partial charge is 0.468 e. The van der Waals surface area contributed by atoms with Crippen LogP contribution in [-0.4, -0.2) is 43.7 Å². The molecule has 0 radical (unpaired) electrons. The lowest BCUT2D eigenvalue weighted by Crippen LogP contribution is -2.43. The number of carbonyl (C=O) groups excluding carboxylic acids is 1. The Morgan fingerprint density at radius 3 is 2.62 bits per heavy atom. The Morgan fingerprint density at radius 2 is 1.96 bits per heavy atom. The van der Waals surface area contributed by atoms with Gasteiger partial charge in [-0.3, -0.25) is 9.69 Å². The topological polar surface area (TPSA) is 54.7 Å². The van der Waals surface area contributed by atoms with Crippen molar-refractivity contribution in [3.05, 3.63) is 59.0 Å². The van der Waals surface area contributed by atoms with E-state index >= 15 is 0 Å². The van der Waals surface area contributed by atoms with E-state index in [1.54, 1.807) is 30.5 Å². The van der Waals surface area contributed by atoms with Gasteiger partial charge in [0.1, 0.15) is 5.76 Å². The van der Waals surface area contributed by atoms with Gasteiger partial charge in [0.25, 0.3) is 5.91 Å². The van der Waals surface area contributed by atoms with E-state index < -0.39 is 0 Å². The van der Waals surface area contributed by atoms with Gasteiger partial charge in [-0.2, -0.15) is 0 Å². The van der Waals surface area contributed by atoms with Crippen LogP contribution < -0.4 is 5.32 Å². The van der Waals surface area contributed by atoms with Gasteiger partial charge >= 0.3 is 0 Å². The van der Waals surface area contributed by atoms with Crippen LogP contribution >= 0.6 is 24.0 Å². The Labute approximate surface area is 152 Å². The highest BCUT2D eigenvalue weighted by Gasteiger charge is 2.25. The van der Waals surface area contributed by atoms with E-state index in [0.29, 0.717) is 30.3 Å². The van der Waals surface area contributed by atoms with Crippen LogP contribution in [0.5, 0.6) is 0 Å². The van der Waals surface area contributed by atoms with Gasteiger partial charge in [0, 0.05) is 19.6 Å². The van der Waals surface area contributed by atoms with Crippen molar-refractivity contribution in [2.45, 2.75) is 6.04 Å². The van der Waals surface area contributed by atoms with Crippen molar-refractivity contribution in [2.75, 3.05) is 32.8 Å². The zero-order valence-electron chi connectivity index (χ0n) is 13.1. The molecule has 1 aliphatic rings. The quantitative estimate of drug-likeness (QED) is 0.877. The fourth-order valence-corrected chi connectivity index (χ4v) is 2.93. The van der Waals surface area contributed by atoms with Gasteiger partial charge in [0.05, 0.1) is 36.1 Å². The number of benzene rings is 1. The number of rotatable bonds is 5. The van der Waals surface area contributed by atoms with Crippen molar-refractivity contribution in [3.8, 4) is 0 Å². The molecule has 130 valence electrons. The maximum absolute atomic E-state index is 12.4. The predicted octanol–water partition coefficient (Wildman–Crippen LogP) is 3.16. The van der Waals surface area contributed by atoms with E-state index in [0.717, 1.165) is 18.8 Å². The molecule has 1 aromatic heterocycles. The molecular formula is C17H20Cl2N2O3. The molecule has 3 rings (SSSR count). The molecule has 0 aliphatic carbocycles. The van der Waals surface area contributed by atoms with Crippen molar-refractivity contribution in [1.82, 2.24) is 10.2 Å². The van der Waals surface area contributed by atoms with Gasteiger partial charge in [0.15, 0.2) is 0 Å². The average Bonchev–Trinajstić information content (AvgIpc) is 3.10. The molecule has 2 aromatic rings. The summed E-state index contributed by atoms with van der Waals surface area (Å²) in [5.74, 6) is 0.659. The number of nitrogens with zero attached hydrogens (tertiary/aromatic N) is 1. The number of ether oxygens (including phenoxy) is 1. The SMILES string of the molecule is Cl.O=C(NCC(c1ccco1)N1CCOCC1)c1ccccc1Cl. The molecule has 0 bridgehead atoms. The van der Waals surface area contributed by atoms with Gasteiger partial charge in [-0.1, -0.05) is 23.7 Å². The van der Waals surface area contributed by atoms with Crippen molar-refractivity contribution < 1.29 is 13.9 Å². The maximum Gasteiger partial charge on any atom is 0.252 e. The van der Waals surface area contributed by atoms with Gasteiger partial charge in [-0.15, -0.1) is 12.4 Å². The minimum atomic E-state index is -0.180. The molecule has 7 heteroatoms. The van der Waals surface area contributed by atoms with Crippen LogP contribution in [0, 0.1) is 0 Å². The summed E-state index contributed by atoms with van der Waals surface area (Å²) in [6, 6.07) is 10.8. The molecule has 1 N–H and O–H groups in total. The molecule has 24 heavy (non-hydrogen) atoms. The molecule has 1 aromatic carbocycles. The Morgan fingerprint density at radius 1 is 1.21 bits per heavy atom. The lowest BCUT2D eigenvalue weighted by molar-refractivity contribution is 0.0118. The van der Waals surface area contributed by atoms with Crippen LogP contribution in [0.15, 0.2) is 47.1 Å². The van der Waals surface area contributed by atoms with Crippen LogP contribution in [0.3, 0.4) is 0 Å². The van der Waals surface area contributed by atoms with E-state index in [4.69, 9.17) is 20.8 Å². The standard InChI is InChI=1S/C17H19ClN2O3.ClH/c18-14-5-2-1-4-13(14)17(21)19-12-15(16-6-3-9-23-16)20-7-10-22-11-8-20;/h1-6,9,15H,7-8,10-12H2,(H,19,21);1H. The first-order valence-electron chi connectivity index (χ1n) is 7.63. The zero-order chi connectivity index (χ0) is 16.1. The second-order valence-electron chi connectivity index (χ2n) is 5.37. The van der Waals surface area contributed by atoms with Crippen LogP contribution in [-0.2, 0) is 4.74 Å². The first kappa shape index (κ1) is 18.8. The molecule has 1 fully saturated rings. The summed E-state index contributed by atoms with van der Waals surface area (Å²) in [5.41, 5.74) is 0.481. The number of halogens is 2. The molecular weight excluding hydrogens is 351 g/mol. The highest BCUT2D eigenvalue weighted by molar-refractivity contribution is 6.33. The lowest BCUT2D eigenvalue weighted by Gasteiger charge is -2.33. The fraction of sp³-hybridized carbons (Fsp3) is 0.353. The van der Waals surface area contributed by atoms with Gasteiger partial charge in [-0.05, 0) is 24.3 Å². The Balaban J connectivity index is 0.00000208. The van der Waals surface area contributed by atoms with Gasteiger partial charge in [-0.25, -0.2) is 0 Å². The third-order valence-corrected chi connectivity index (χ3v) is 4.26. The van der Waals surface area contributed by atoms with Crippen LogP contribution in [0.2, 0.25) is 5.02 Å².